The zero-order valence-electron chi connectivity index (χ0n) is 22.8. The van der Waals surface area contributed by atoms with Gasteiger partial charge in [-0.05, 0) is 93.6 Å². The third kappa shape index (κ3) is 6.59. The minimum atomic E-state index is 0.777. The van der Waals surface area contributed by atoms with Crippen LogP contribution in [-0.4, -0.2) is 42.3 Å². The minimum Gasteiger partial charge on any atom is -0.399 e. The van der Waals surface area contributed by atoms with E-state index in [9.17, 15) is 0 Å². The normalized spacial score (nSPS) is 15.1. The van der Waals surface area contributed by atoms with E-state index < -0.39 is 0 Å². The van der Waals surface area contributed by atoms with Crippen LogP contribution in [-0.2, 0) is 11.3 Å². The van der Waals surface area contributed by atoms with Crippen molar-refractivity contribution in [1.29, 1.82) is 0 Å². The molecule has 196 valence electrons. The van der Waals surface area contributed by atoms with Crippen LogP contribution >= 0.6 is 0 Å². The van der Waals surface area contributed by atoms with Crippen molar-refractivity contribution in [2.24, 2.45) is 11.1 Å². The number of hydrogen-bond donors (Lipinski definition) is 1. The zero-order chi connectivity index (χ0) is 26.3. The first-order valence-corrected chi connectivity index (χ1v) is 13.7. The number of piperidine rings is 1. The summed E-state index contributed by atoms with van der Waals surface area (Å²) in [6.07, 6.45) is 4.56. The van der Waals surface area contributed by atoms with Gasteiger partial charge in [-0.15, -0.1) is 0 Å². The van der Waals surface area contributed by atoms with Crippen molar-refractivity contribution in [3.63, 3.8) is 0 Å². The van der Waals surface area contributed by atoms with Crippen LogP contribution in [0.25, 0.3) is 10.9 Å². The number of oxime groups is 1. The van der Waals surface area contributed by atoms with E-state index in [1.807, 2.05) is 13.0 Å². The van der Waals surface area contributed by atoms with Gasteiger partial charge in [0.2, 0.25) is 0 Å². The number of anilines is 2. The van der Waals surface area contributed by atoms with Gasteiger partial charge in [-0.25, -0.2) is 0 Å². The number of hydrogen-bond acceptors (Lipinski definition) is 5. The number of rotatable bonds is 9. The van der Waals surface area contributed by atoms with Crippen molar-refractivity contribution >= 4 is 28.0 Å². The molecule has 1 aliphatic heterocycles. The lowest BCUT2D eigenvalue weighted by molar-refractivity contribution is 0.186. The van der Waals surface area contributed by atoms with Gasteiger partial charge in [0.1, 0.15) is 7.11 Å². The fraction of sp³-hybridized carbons (Fsp3) is 0.333. The Hall–Kier alpha value is -3.70. The molecule has 0 aliphatic carbocycles. The first kappa shape index (κ1) is 25.9. The highest BCUT2D eigenvalue weighted by molar-refractivity contribution is 6.02. The Labute approximate surface area is 226 Å². The van der Waals surface area contributed by atoms with Crippen molar-refractivity contribution in [2.45, 2.75) is 39.5 Å². The maximum atomic E-state index is 5.29. The number of fused-ring (bicyclic) bond motifs is 1. The maximum absolute atomic E-state index is 5.29. The Balaban J connectivity index is 1.25. The summed E-state index contributed by atoms with van der Waals surface area (Å²) in [6.45, 7) is 7.45. The standard InChI is InChI=1S/C33H38N4O/c1-24-19-28(23-29(20-24)35-33-21-25(2)34-32-12-8-7-11-30(32)33)31(36-38-3)15-18-37-16-13-27(14-17-37)22-26-9-5-4-6-10-26/h4-12,19-21,23,27H,13-18,22H2,1-3H3,(H,34,35)/b36-31+. The molecular weight excluding hydrogens is 468 g/mol. The molecule has 4 aromatic rings. The maximum Gasteiger partial charge on any atom is 0.106 e. The summed E-state index contributed by atoms with van der Waals surface area (Å²) in [6, 6.07) is 27.8. The Morgan fingerprint density at radius 2 is 1.74 bits per heavy atom. The van der Waals surface area contributed by atoms with Gasteiger partial charge in [0, 0.05) is 41.0 Å². The molecule has 5 heteroatoms. The predicted molar refractivity (Wildman–Crippen MR) is 158 cm³/mol. The number of benzene rings is 3. The number of aryl methyl sites for hydroxylation is 2. The third-order valence-corrected chi connectivity index (χ3v) is 7.47. The molecule has 0 unspecified atom stereocenters. The Kier molecular flexibility index (Phi) is 8.34. The van der Waals surface area contributed by atoms with Gasteiger partial charge in [0.25, 0.3) is 0 Å². The van der Waals surface area contributed by atoms with Gasteiger partial charge < -0.3 is 15.1 Å². The predicted octanol–water partition coefficient (Wildman–Crippen LogP) is 7.29. The van der Waals surface area contributed by atoms with E-state index in [4.69, 9.17) is 4.84 Å². The minimum absolute atomic E-state index is 0.777. The molecule has 1 aromatic heterocycles. The fourth-order valence-corrected chi connectivity index (χ4v) is 5.57. The molecule has 0 radical (unpaired) electrons. The lowest BCUT2D eigenvalue weighted by Crippen LogP contribution is -2.35. The molecule has 1 saturated heterocycles. The summed E-state index contributed by atoms with van der Waals surface area (Å²) < 4.78 is 0. The van der Waals surface area contributed by atoms with E-state index in [1.165, 1.54) is 30.4 Å². The second-order valence-electron chi connectivity index (χ2n) is 10.5. The molecule has 1 aliphatic rings. The average Bonchev–Trinajstić information content (AvgIpc) is 2.92. The first-order valence-electron chi connectivity index (χ1n) is 13.7. The molecule has 1 N–H and O–H groups in total. The molecule has 38 heavy (non-hydrogen) atoms. The summed E-state index contributed by atoms with van der Waals surface area (Å²) in [4.78, 5) is 12.6. The molecule has 0 bridgehead atoms. The van der Waals surface area contributed by atoms with Gasteiger partial charge in [-0.2, -0.15) is 0 Å². The second kappa shape index (κ2) is 12.2. The van der Waals surface area contributed by atoms with E-state index in [0.29, 0.717) is 0 Å². The molecule has 5 nitrogen and oxygen atoms in total. The van der Waals surface area contributed by atoms with Crippen molar-refractivity contribution in [3.05, 3.63) is 101 Å². The van der Waals surface area contributed by atoms with E-state index in [1.54, 1.807) is 7.11 Å². The van der Waals surface area contributed by atoms with Crippen molar-refractivity contribution in [2.75, 3.05) is 32.1 Å². The molecule has 2 heterocycles. The molecule has 0 saturated carbocycles. The van der Waals surface area contributed by atoms with Crippen LogP contribution in [0.2, 0.25) is 0 Å². The smallest absolute Gasteiger partial charge is 0.106 e. The van der Waals surface area contributed by atoms with E-state index in [2.05, 4.69) is 100 Å². The van der Waals surface area contributed by atoms with Crippen molar-refractivity contribution in [1.82, 2.24) is 9.88 Å². The largest absolute Gasteiger partial charge is 0.399 e. The van der Waals surface area contributed by atoms with Crippen LogP contribution in [0.4, 0.5) is 11.4 Å². The average molecular weight is 507 g/mol. The molecule has 0 atom stereocenters. The first-order chi connectivity index (χ1) is 18.6. The van der Waals surface area contributed by atoms with Crippen LogP contribution in [0.3, 0.4) is 0 Å². The number of nitrogens with one attached hydrogen (secondary N) is 1. The third-order valence-electron chi connectivity index (χ3n) is 7.47. The number of pyridine rings is 1. The molecule has 0 amide bonds. The quantitative estimate of drug-likeness (QED) is 0.191. The highest BCUT2D eigenvalue weighted by Gasteiger charge is 2.20. The summed E-state index contributed by atoms with van der Waals surface area (Å²) in [5.74, 6) is 0.777. The van der Waals surface area contributed by atoms with E-state index in [0.717, 1.165) is 71.2 Å². The SMILES string of the molecule is CO/N=C(\CCN1CCC(Cc2ccccc2)CC1)c1cc(C)cc(Nc2cc(C)nc3ccccc23)c1. The summed E-state index contributed by atoms with van der Waals surface area (Å²) in [5.41, 5.74) is 8.83. The molecule has 1 fully saturated rings. The Morgan fingerprint density at radius 1 is 0.974 bits per heavy atom. The Morgan fingerprint density at radius 3 is 2.53 bits per heavy atom. The van der Waals surface area contributed by atoms with Crippen molar-refractivity contribution < 1.29 is 4.84 Å². The fourth-order valence-electron chi connectivity index (χ4n) is 5.57. The molecular formula is C33H38N4O. The van der Waals surface area contributed by atoms with Crippen LogP contribution in [0.1, 0.15) is 41.6 Å². The van der Waals surface area contributed by atoms with Crippen LogP contribution in [0, 0.1) is 19.8 Å². The summed E-state index contributed by atoms with van der Waals surface area (Å²) >= 11 is 0. The lowest BCUT2D eigenvalue weighted by atomic mass is 9.90. The lowest BCUT2D eigenvalue weighted by Gasteiger charge is -2.32. The van der Waals surface area contributed by atoms with E-state index in [-0.39, 0.29) is 0 Å². The monoisotopic (exact) mass is 506 g/mol. The highest BCUT2D eigenvalue weighted by atomic mass is 16.6. The van der Waals surface area contributed by atoms with Crippen LogP contribution < -0.4 is 5.32 Å². The number of likely N-dealkylation sites (tertiary alicyclic amines) is 1. The van der Waals surface area contributed by atoms with Gasteiger partial charge in [-0.1, -0.05) is 53.7 Å². The molecule has 3 aromatic carbocycles. The van der Waals surface area contributed by atoms with Crippen molar-refractivity contribution in [3.8, 4) is 0 Å². The number of aromatic nitrogens is 1. The van der Waals surface area contributed by atoms with Crippen LogP contribution in [0.15, 0.2) is 84.0 Å². The van der Waals surface area contributed by atoms with Gasteiger partial charge in [-0.3, -0.25) is 4.98 Å². The van der Waals surface area contributed by atoms with Gasteiger partial charge >= 0.3 is 0 Å². The molecule has 0 spiro atoms. The van der Waals surface area contributed by atoms with E-state index >= 15 is 0 Å². The molecule has 5 rings (SSSR count). The number of nitrogens with zero attached hydrogens (tertiary/aromatic N) is 3. The summed E-state index contributed by atoms with van der Waals surface area (Å²) in [5, 5.41) is 9.22. The van der Waals surface area contributed by atoms with Gasteiger partial charge in [0.05, 0.1) is 11.2 Å². The second-order valence-corrected chi connectivity index (χ2v) is 10.5. The Bertz CT molecular complexity index is 1390. The zero-order valence-corrected chi connectivity index (χ0v) is 22.8. The van der Waals surface area contributed by atoms with Crippen LogP contribution in [0.5, 0.6) is 0 Å². The number of para-hydroxylation sites is 1. The highest BCUT2D eigenvalue weighted by Crippen LogP contribution is 2.28. The summed E-state index contributed by atoms with van der Waals surface area (Å²) in [7, 11) is 1.63. The van der Waals surface area contributed by atoms with Gasteiger partial charge in [0.15, 0.2) is 0 Å². The topological polar surface area (TPSA) is 49.8 Å².